The third-order valence-corrected chi connectivity index (χ3v) is 3.01. The van der Waals surface area contributed by atoms with Crippen LogP contribution >= 0.6 is 25.3 Å². The monoisotopic (exact) mass is 206 g/mol. The van der Waals surface area contributed by atoms with Gasteiger partial charge in [-0.2, -0.15) is 0 Å². The molecule has 12 heavy (non-hydrogen) atoms. The van der Waals surface area contributed by atoms with Gasteiger partial charge >= 0.3 is 0 Å². The molecule has 2 amide bonds. The first-order chi connectivity index (χ1) is 5.46. The minimum Gasteiger partial charge on any atom is -0.323 e. The number of hydrogen-bond donors (Lipinski definition) is 2. The Labute approximate surface area is 81.7 Å². The Hall–Kier alpha value is -0.360. The van der Waals surface area contributed by atoms with Crippen molar-refractivity contribution in [1.82, 2.24) is 9.80 Å². The number of likely N-dealkylation sites (N-methyl/N-ethyl adjacent to an activating group) is 2. The van der Waals surface area contributed by atoms with Crippen molar-refractivity contribution in [2.24, 2.45) is 0 Å². The molecular weight excluding hydrogens is 196 g/mol. The fourth-order valence-electron chi connectivity index (χ4n) is 0.937. The summed E-state index contributed by atoms with van der Waals surface area (Å²) < 4.78 is 0. The van der Waals surface area contributed by atoms with Gasteiger partial charge < -0.3 is 9.80 Å². The van der Waals surface area contributed by atoms with Crippen molar-refractivity contribution in [3.63, 3.8) is 0 Å². The Balaban J connectivity index is 2.91. The Bertz CT molecular complexity index is 190. The highest BCUT2D eigenvalue weighted by molar-refractivity contribution is 7.82. The van der Waals surface area contributed by atoms with E-state index in [1.54, 1.807) is 0 Å². The molecular formula is C6H10N2O2S2. The van der Waals surface area contributed by atoms with Gasteiger partial charge in [0.05, 0.1) is 0 Å². The summed E-state index contributed by atoms with van der Waals surface area (Å²) in [7, 11) is 3.07. The zero-order valence-electron chi connectivity index (χ0n) is 6.76. The van der Waals surface area contributed by atoms with Crippen LogP contribution in [0.1, 0.15) is 0 Å². The number of carbonyl (C=O) groups is 2. The summed E-state index contributed by atoms with van der Waals surface area (Å²) in [4.78, 5) is 25.2. The van der Waals surface area contributed by atoms with Crippen LogP contribution in [-0.4, -0.2) is 46.5 Å². The largest absolute Gasteiger partial charge is 0.323 e. The summed E-state index contributed by atoms with van der Waals surface area (Å²) in [6.07, 6.45) is 0. The summed E-state index contributed by atoms with van der Waals surface area (Å²) in [5.41, 5.74) is 0. The standard InChI is InChI=1S/C6H10N2O2S2/c1-7-3(9)6(12)8(2)4(10)5(7)11/h5-6,11-12H,1-2H3/t5-,6-/m1/s1. The molecule has 1 rings (SSSR count). The molecule has 0 radical (unpaired) electrons. The molecule has 2 atom stereocenters. The molecule has 0 aliphatic carbocycles. The van der Waals surface area contributed by atoms with Crippen LogP contribution < -0.4 is 0 Å². The molecule has 0 spiro atoms. The van der Waals surface area contributed by atoms with Crippen molar-refractivity contribution in [3.05, 3.63) is 0 Å². The van der Waals surface area contributed by atoms with Gasteiger partial charge in [-0.15, -0.1) is 25.3 Å². The molecule has 0 unspecified atom stereocenters. The SMILES string of the molecule is CN1C(=O)[C@@H](S)N(C)C(=O)[C@H]1S. The highest BCUT2D eigenvalue weighted by atomic mass is 32.1. The second-order valence-electron chi connectivity index (χ2n) is 2.65. The Morgan fingerprint density at radius 1 is 1.00 bits per heavy atom. The maximum Gasteiger partial charge on any atom is 0.256 e. The molecule has 0 N–H and O–H groups in total. The molecule has 0 aromatic carbocycles. The van der Waals surface area contributed by atoms with Crippen LogP contribution in [0.15, 0.2) is 0 Å². The lowest BCUT2D eigenvalue weighted by Crippen LogP contribution is -2.58. The lowest BCUT2D eigenvalue weighted by Gasteiger charge is -2.37. The average molecular weight is 206 g/mol. The van der Waals surface area contributed by atoms with E-state index >= 15 is 0 Å². The van der Waals surface area contributed by atoms with E-state index in [-0.39, 0.29) is 11.8 Å². The first kappa shape index (κ1) is 9.73. The molecule has 1 aliphatic heterocycles. The van der Waals surface area contributed by atoms with E-state index in [1.807, 2.05) is 0 Å². The summed E-state index contributed by atoms with van der Waals surface area (Å²) in [6.45, 7) is 0. The van der Waals surface area contributed by atoms with Gasteiger partial charge in [-0.3, -0.25) is 9.59 Å². The molecule has 0 aromatic heterocycles. The Kier molecular flexibility index (Phi) is 2.58. The minimum atomic E-state index is -0.675. The number of nitrogens with zero attached hydrogens (tertiary/aromatic N) is 2. The van der Waals surface area contributed by atoms with Crippen molar-refractivity contribution >= 4 is 37.1 Å². The summed E-state index contributed by atoms with van der Waals surface area (Å²) >= 11 is 7.98. The number of amides is 2. The van der Waals surface area contributed by atoms with Crippen LogP contribution in [0.2, 0.25) is 0 Å². The maximum absolute atomic E-state index is 11.3. The summed E-state index contributed by atoms with van der Waals surface area (Å²) in [5.74, 6) is -0.416. The van der Waals surface area contributed by atoms with E-state index in [9.17, 15) is 9.59 Å². The van der Waals surface area contributed by atoms with Crippen molar-refractivity contribution in [2.45, 2.75) is 10.7 Å². The number of rotatable bonds is 0. The van der Waals surface area contributed by atoms with Crippen LogP contribution in [0, 0.1) is 0 Å². The number of piperazine rings is 1. The molecule has 0 saturated carbocycles. The zero-order valence-corrected chi connectivity index (χ0v) is 8.55. The molecule has 68 valence electrons. The fraction of sp³-hybridized carbons (Fsp3) is 0.667. The molecule has 1 aliphatic rings. The van der Waals surface area contributed by atoms with Crippen LogP contribution in [0.3, 0.4) is 0 Å². The van der Waals surface area contributed by atoms with Crippen molar-refractivity contribution in [1.29, 1.82) is 0 Å². The molecule has 4 nitrogen and oxygen atoms in total. The predicted octanol–water partition coefficient (Wildman–Crippen LogP) is -0.571. The molecule has 0 bridgehead atoms. The minimum absolute atomic E-state index is 0.208. The lowest BCUT2D eigenvalue weighted by molar-refractivity contribution is -0.150. The number of hydrogen-bond acceptors (Lipinski definition) is 4. The maximum atomic E-state index is 11.3. The quantitative estimate of drug-likeness (QED) is 0.521. The predicted molar refractivity (Wildman–Crippen MR) is 51.1 cm³/mol. The van der Waals surface area contributed by atoms with E-state index in [0.29, 0.717) is 0 Å². The van der Waals surface area contributed by atoms with Crippen molar-refractivity contribution in [3.8, 4) is 0 Å². The van der Waals surface area contributed by atoms with Crippen molar-refractivity contribution in [2.75, 3.05) is 14.1 Å². The molecule has 0 aromatic rings. The first-order valence-electron chi connectivity index (χ1n) is 3.36. The topological polar surface area (TPSA) is 40.6 Å². The van der Waals surface area contributed by atoms with Gasteiger partial charge in [-0.05, 0) is 0 Å². The van der Waals surface area contributed by atoms with Gasteiger partial charge in [-0.1, -0.05) is 0 Å². The van der Waals surface area contributed by atoms with Crippen LogP contribution in [0.5, 0.6) is 0 Å². The smallest absolute Gasteiger partial charge is 0.256 e. The highest BCUT2D eigenvalue weighted by Gasteiger charge is 2.38. The zero-order chi connectivity index (χ0) is 9.46. The second-order valence-corrected chi connectivity index (χ2v) is 3.62. The highest BCUT2D eigenvalue weighted by Crippen LogP contribution is 2.18. The number of carbonyl (C=O) groups excluding carboxylic acids is 2. The van der Waals surface area contributed by atoms with Crippen LogP contribution in [-0.2, 0) is 9.59 Å². The molecule has 1 fully saturated rings. The van der Waals surface area contributed by atoms with Gasteiger partial charge in [0.1, 0.15) is 0 Å². The third kappa shape index (κ3) is 1.29. The van der Waals surface area contributed by atoms with Gasteiger partial charge in [0.25, 0.3) is 11.8 Å². The van der Waals surface area contributed by atoms with Gasteiger partial charge in [-0.25, -0.2) is 0 Å². The summed E-state index contributed by atoms with van der Waals surface area (Å²) in [6, 6.07) is 0. The van der Waals surface area contributed by atoms with Gasteiger partial charge in [0.15, 0.2) is 10.7 Å². The lowest BCUT2D eigenvalue weighted by atomic mass is 10.3. The van der Waals surface area contributed by atoms with Gasteiger partial charge in [0, 0.05) is 14.1 Å². The average Bonchev–Trinajstić information content (AvgIpc) is 2.08. The molecule has 1 heterocycles. The van der Waals surface area contributed by atoms with Crippen LogP contribution in [0.4, 0.5) is 0 Å². The summed E-state index contributed by atoms with van der Waals surface area (Å²) in [5, 5.41) is -1.35. The molecule has 6 heteroatoms. The van der Waals surface area contributed by atoms with Crippen molar-refractivity contribution < 1.29 is 9.59 Å². The second kappa shape index (κ2) is 3.18. The Morgan fingerprint density at radius 3 is 1.50 bits per heavy atom. The van der Waals surface area contributed by atoms with E-state index in [4.69, 9.17) is 0 Å². The molecule has 1 saturated heterocycles. The normalized spacial score (nSPS) is 31.3. The van der Waals surface area contributed by atoms with E-state index in [0.717, 1.165) is 0 Å². The Morgan fingerprint density at radius 2 is 1.25 bits per heavy atom. The van der Waals surface area contributed by atoms with Crippen LogP contribution in [0.25, 0.3) is 0 Å². The third-order valence-electron chi connectivity index (χ3n) is 1.87. The van der Waals surface area contributed by atoms with E-state index < -0.39 is 10.7 Å². The number of thiol groups is 2. The fourth-order valence-corrected chi connectivity index (χ4v) is 1.53. The van der Waals surface area contributed by atoms with E-state index in [1.165, 1.54) is 23.9 Å². The first-order valence-corrected chi connectivity index (χ1v) is 4.39. The van der Waals surface area contributed by atoms with Gasteiger partial charge in [0.2, 0.25) is 0 Å². The van der Waals surface area contributed by atoms with E-state index in [2.05, 4.69) is 25.3 Å².